The predicted octanol–water partition coefficient (Wildman–Crippen LogP) is 3.99. The monoisotopic (exact) mass is 273 g/mol. The third-order valence-corrected chi connectivity index (χ3v) is 2.47. The van der Waals surface area contributed by atoms with Crippen LogP contribution in [0.25, 0.3) is 0 Å². The van der Waals surface area contributed by atoms with Gasteiger partial charge in [-0.1, -0.05) is 0 Å². The van der Waals surface area contributed by atoms with Gasteiger partial charge in [-0.15, -0.1) is 0 Å². The summed E-state index contributed by atoms with van der Waals surface area (Å²) in [4.78, 5) is 0. The van der Waals surface area contributed by atoms with E-state index in [1.165, 1.54) is 0 Å². The zero-order valence-corrected chi connectivity index (χ0v) is 9.48. The van der Waals surface area contributed by atoms with E-state index in [1.807, 2.05) is 0 Å². The fourth-order valence-corrected chi connectivity index (χ4v) is 1.55. The van der Waals surface area contributed by atoms with Crippen molar-refractivity contribution in [2.24, 2.45) is 0 Å². The van der Waals surface area contributed by atoms with Crippen molar-refractivity contribution in [3.63, 3.8) is 0 Å². The highest BCUT2D eigenvalue weighted by Gasteiger charge is 2.11. The van der Waals surface area contributed by atoms with E-state index in [4.69, 9.17) is 0 Å². The molecule has 19 heavy (non-hydrogen) atoms. The van der Waals surface area contributed by atoms with Crippen LogP contribution in [0.4, 0.5) is 27.6 Å². The van der Waals surface area contributed by atoms with Crippen molar-refractivity contribution >= 4 is 5.69 Å². The smallest absolute Gasteiger partial charge is 0.182 e. The van der Waals surface area contributed by atoms with Gasteiger partial charge in [0.1, 0.15) is 17.5 Å². The van der Waals surface area contributed by atoms with Gasteiger partial charge in [-0.2, -0.15) is 0 Å². The number of nitrogens with one attached hydrogen (secondary N) is 1. The first kappa shape index (κ1) is 13.3. The third kappa shape index (κ3) is 3.01. The Kier molecular flexibility index (Phi) is 3.69. The highest BCUT2D eigenvalue weighted by Crippen LogP contribution is 2.20. The average Bonchev–Trinajstić information content (AvgIpc) is 2.35. The minimum absolute atomic E-state index is 0.0796. The molecular formula is C13H8F5N. The van der Waals surface area contributed by atoms with Crippen LogP contribution < -0.4 is 5.32 Å². The van der Waals surface area contributed by atoms with Crippen LogP contribution in [0.2, 0.25) is 0 Å². The summed E-state index contributed by atoms with van der Waals surface area (Å²) < 4.78 is 65.3. The van der Waals surface area contributed by atoms with Gasteiger partial charge in [0.2, 0.25) is 0 Å². The molecule has 2 aromatic rings. The second kappa shape index (κ2) is 5.26. The van der Waals surface area contributed by atoms with Crippen molar-refractivity contribution < 1.29 is 22.0 Å². The molecular weight excluding hydrogens is 265 g/mol. The summed E-state index contributed by atoms with van der Waals surface area (Å²) in [6.07, 6.45) is 0. The number of benzene rings is 2. The molecule has 2 aromatic carbocycles. The molecule has 0 atom stereocenters. The summed E-state index contributed by atoms with van der Waals surface area (Å²) >= 11 is 0. The molecule has 0 aliphatic heterocycles. The van der Waals surface area contributed by atoms with Crippen molar-refractivity contribution in [2.45, 2.75) is 6.54 Å². The molecule has 0 bridgehead atoms. The molecule has 1 nitrogen and oxygen atoms in total. The van der Waals surface area contributed by atoms with Crippen molar-refractivity contribution in [2.75, 3.05) is 5.32 Å². The van der Waals surface area contributed by atoms with Gasteiger partial charge in [-0.05, 0) is 18.2 Å². The van der Waals surface area contributed by atoms with Gasteiger partial charge in [0.05, 0.1) is 5.69 Å². The fourth-order valence-electron chi connectivity index (χ4n) is 1.55. The van der Waals surface area contributed by atoms with Crippen LogP contribution in [0.3, 0.4) is 0 Å². The number of hydrogen-bond donors (Lipinski definition) is 1. The van der Waals surface area contributed by atoms with Crippen LogP contribution in [-0.2, 0) is 6.54 Å². The van der Waals surface area contributed by atoms with E-state index in [2.05, 4.69) is 5.32 Å². The molecule has 0 unspecified atom stereocenters. The van der Waals surface area contributed by atoms with Crippen LogP contribution in [-0.4, -0.2) is 0 Å². The van der Waals surface area contributed by atoms with E-state index in [-0.39, 0.29) is 12.1 Å². The van der Waals surface area contributed by atoms with Gasteiger partial charge in [0.15, 0.2) is 11.6 Å². The van der Waals surface area contributed by atoms with Crippen LogP contribution in [0, 0.1) is 29.1 Å². The number of rotatable bonds is 3. The minimum atomic E-state index is -1.36. The maximum Gasteiger partial charge on any atom is 0.182 e. The third-order valence-electron chi connectivity index (χ3n) is 2.47. The van der Waals surface area contributed by atoms with Gasteiger partial charge < -0.3 is 5.32 Å². The van der Waals surface area contributed by atoms with Crippen LogP contribution >= 0.6 is 0 Å². The second-order valence-corrected chi connectivity index (χ2v) is 3.84. The summed E-state index contributed by atoms with van der Waals surface area (Å²) in [6, 6.07) is 3.88. The standard InChI is InChI=1S/C13H8F5N/c14-8-1-2-10(16)7(3-8)6-19-12-5-9(15)4-11(17)13(12)18/h1-5,19H,6H2. The molecule has 0 saturated heterocycles. The van der Waals surface area contributed by atoms with E-state index in [9.17, 15) is 22.0 Å². The Morgan fingerprint density at radius 1 is 0.789 bits per heavy atom. The lowest BCUT2D eigenvalue weighted by molar-refractivity contribution is 0.497. The Balaban J connectivity index is 2.21. The Bertz CT molecular complexity index is 612. The topological polar surface area (TPSA) is 12.0 Å². The SMILES string of the molecule is Fc1ccc(F)c(CNc2cc(F)cc(F)c2F)c1. The van der Waals surface area contributed by atoms with Crippen molar-refractivity contribution in [3.8, 4) is 0 Å². The van der Waals surface area contributed by atoms with E-state index in [0.29, 0.717) is 6.07 Å². The fraction of sp³-hybridized carbons (Fsp3) is 0.0769. The first-order valence-corrected chi connectivity index (χ1v) is 5.29. The molecule has 0 fully saturated rings. The molecule has 0 amide bonds. The normalized spacial score (nSPS) is 10.6. The van der Waals surface area contributed by atoms with E-state index < -0.39 is 34.8 Å². The lowest BCUT2D eigenvalue weighted by Crippen LogP contribution is -2.05. The Morgan fingerprint density at radius 3 is 2.26 bits per heavy atom. The molecule has 0 aliphatic rings. The highest BCUT2D eigenvalue weighted by atomic mass is 19.2. The van der Waals surface area contributed by atoms with E-state index >= 15 is 0 Å². The summed E-state index contributed by atoms with van der Waals surface area (Å²) in [7, 11) is 0. The predicted molar refractivity (Wildman–Crippen MR) is 60.0 cm³/mol. The van der Waals surface area contributed by atoms with Crippen LogP contribution in [0.15, 0.2) is 30.3 Å². The summed E-state index contributed by atoms with van der Waals surface area (Å²) in [5.74, 6) is -4.98. The Labute approximate surface area is 105 Å². The Hall–Kier alpha value is -2.11. The quantitative estimate of drug-likeness (QED) is 0.658. The molecule has 2 rings (SSSR count). The molecule has 100 valence electrons. The van der Waals surface area contributed by atoms with Gasteiger partial charge >= 0.3 is 0 Å². The zero-order chi connectivity index (χ0) is 14.0. The average molecular weight is 273 g/mol. The molecule has 0 aliphatic carbocycles. The van der Waals surface area contributed by atoms with Crippen LogP contribution in [0.5, 0.6) is 0 Å². The first-order chi connectivity index (χ1) is 8.97. The molecule has 0 saturated carbocycles. The summed E-state index contributed by atoms with van der Waals surface area (Å²) in [5, 5.41) is 2.32. The summed E-state index contributed by atoms with van der Waals surface area (Å²) in [6.45, 7) is -0.302. The van der Waals surface area contributed by atoms with Gasteiger partial charge in [0.25, 0.3) is 0 Å². The van der Waals surface area contributed by atoms with Crippen molar-refractivity contribution in [3.05, 3.63) is 65.0 Å². The first-order valence-electron chi connectivity index (χ1n) is 5.29. The van der Waals surface area contributed by atoms with Crippen molar-refractivity contribution in [1.29, 1.82) is 0 Å². The lowest BCUT2D eigenvalue weighted by Gasteiger charge is -2.09. The van der Waals surface area contributed by atoms with E-state index in [1.54, 1.807) is 0 Å². The maximum absolute atomic E-state index is 13.3. The number of halogens is 5. The maximum atomic E-state index is 13.3. The lowest BCUT2D eigenvalue weighted by atomic mass is 10.2. The summed E-state index contributed by atoms with van der Waals surface area (Å²) in [5.41, 5.74) is -0.537. The largest absolute Gasteiger partial charge is 0.378 e. The van der Waals surface area contributed by atoms with Crippen LogP contribution in [0.1, 0.15) is 5.56 Å². The number of hydrogen-bond acceptors (Lipinski definition) is 1. The molecule has 6 heteroatoms. The minimum Gasteiger partial charge on any atom is -0.378 e. The second-order valence-electron chi connectivity index (χ2n) is 3.84. The van der Waals surface area contributed by atoms with Gasteiger partial charge in [-0.3, -0.25) is 0 Å². The van der Waals surface area contributed by atoms with Crippen molar-refractivity contribution in [1.82, 2.24) is 0 Å². The molecule has 0 radical (unpaired) electrons. The molecule has 1 N–H and O–H groups in total. The molecule has 0 aromatic heterocycles. The van der Waals surface area contributed by atoms with Gasteiger partial charge in [0, 0.05) is 24.2 Å². The van der Waals surface area contributed by atoms with Gasteiger partial charge in [-0.25, -0.2) is 22.0 Å². The van der Waals surface area contributed by atoms with E-state index in [0.717, 1.165) is 24.3 Å². The number of anilines is 1. The molecule has 0 spiro atoms. The molecule has 0 heterocycles. The highest BCUT2D eigenvalue weighted by molar-refractivity contribution is 5.46. The zero-order valence-electron chi connectivity index (χ0n) is 9.48. The Morgan fingerprint density at radius 2 is 1.53 bits per heavy atom.